The quantitative estimate of drug-likeness (QED) is 0.301. The first-order valence-corrected chi connectivity index (χ1v) is 10.3. The van der Waals surface area contributed by atoms with Gasteiger partial charge in [0, 0.05) is 47.8 Å². The van der Waals surface area contributed by atoms with Crippen molar-refractivity contribution >= 4 is 35.2 Å². The Morgan fingerprint density at radius 1 is 1.34 bits per heavy atom. The molecule has 1 aliphatic rings. The molecule has 0 radical (unpaired) electrons. The number of rotatable bonds is 8. The lowest BCUT2D eigenvalue weighted by Crippen LogP contribution is -2.30. The number of piperidine rings is 1. The van der Waals surface area contributed by atoms with Crippen molar-refractivity contribution in [3.63, 3.8) is 0 Å². The van der Waals surface area contributed by atoms with Crippen LogP contribution in [0.2, 0.25) is 0 Å². The Morgan fingerprint density at radius 3 is 2.76 bits per heavy atom. The van der Waals surface area contributed by atoms with Gasteiger partial charge in [0.2, 0.25) is 5.16 Å². The molecule has 0 amide bonds. The number of carboxylic acid groups (broad SMARTS) is 1. The molecule has 9 nitrogen and oxygen atoms in total. The Bertz CT molecular complexity index is 921. The molecule has 10 heteroatoms. The molecule has 0 unspecified atom stereocenters. The van der Waals surface area contributed by atoms with Gasteiger partial charge in [0.05, 0.1) is 10.9 Å². The minimum atomic E-state index is -1.38. The number of hydrogen-bond donors (Lipinski definition) is 1. The predicted molar refractivity (Wildman–Crippen MR) is 108 cm³/mol. The molecule has 0 atom stereocenters. The summed E-state index contributed by atoms with van der Waals surface area (Å²) in [5.74, 6) is -0.704. The number of carboxylic acids is 1. The highest BCUT2D eigenvalue weighted by atomic mass is 32.2. The van der Waals surface area contributed by atoms with E-state index >= 15 is 0 Å². The number of non-ortho nitro benzene ring substituents is 1. The third-order valence-corrected chi connectivity index (χ3v) is 5.48. The zero-order valence-electron chi connectivity index (χ0n) is 16.1. The topological polar surface area (TPSA) is 128 Å². The molecule has 1 aliphatic heterocycles. The van der Waals surface area contributed by atoms with Crippen LogP contribution >= 0.6 is 11.8 Å². The van der Waals surface area contributed by atoms with E-state index in [9.17, 15) is 20.0 Å². The van der Waals surface area contributed by atoms with E-state index in [4.69, 9.17) is 0 Å². The SMILES string of the molecule is CCCc1nc(S/C(=C/c2cc([N+](=O)[O-])ccc2N2CCCCC2)C(=O)[O-])n[nH]1. The van der Waals surface area contributed by atoms with Crippen molar-refractivity contribution in [2.24, 2.45) is 0 Å². The average Bonchev–Trinajstić information content (AvgIpc) is 3.15. The van der Waals surface area contributed by atoms with E-state index in [1.165, 1.54) is 18.2 Å². The van der Waals surface area contributed by atoms with Crippen LogP contribution in [0.5, 0.6) is 0 Å². The Morgan fingerprint density at radius 2 is 2.10 bits per heavy atom. The maximum absolute atomic E-state index is 11.7. The van der Waals surface area contributed by atoms with Gasteiger partial charge in [-0.1, -0.05) is 6.92 Å². The number of aliphatic carboxylic acids is 1. The number of carbonyl (C=O) groups excluding carboxylic acids is 1. The van der Waals surface area contributed by atoms with Crippen molar-refractivity contribution in [1.82, 2.24) is 15.2 Å². The van der Waals surface area contributed by atoms with Crippen LogP contribution in [0.25, 0.3) is 6.08 Å². The average molecular weight is 416 g/mol. The molecule has 0 bridgehead atoms. The second-order valence-electron chi connectivity index (χ2n) is 6.76. The van der Waals surface area contributed by atoms with Crippen molar-refractivity contribution < 1.29 is 14.8 Å². The number of aromatic amines is 1. The number of H-pyrrole nitrogens is 1. The molecule has 1 aromatic carbocycles. The fourth-order valence-electron chi connectivity index (χ4n) is 3.24. The highest BCUT2D eigenvalue weighted by molar-refractivity contribution is 8.04. The number of thioether (sulfide) groups is 1. The Balaban J connectivity index is 1.96. The minimum absolute atomic E-state index is 0.0946. The van der Waals surface area contributed by atoms with Gasteiger partial charge in [-0.2, -0.15) is 0 Å². The summed E-state index contributed by atoms with van der Waals surface area (Å²) in [6.07, 6.45) is 6.20. The van der Waals surface area contributed by atoms with Crippen molar-refractivity contribution in [2.45, 2.75) is 44.2 Å². The third-order valence-electron chi connectivity index (χ3n) is 4.61. The maximum Gasteiger partial charge on any atom is 0.270 e. The molecule has 0 saturated carbocycles. The molecular weight excluding hydrogens is 394 g/mol. The van der Waals surface area contributed by atoms with Crippen LogP contribution in [0.4, 0.5) is 11.4 Å². The summed E-state index contributed by atoms with van der Waals surface area (Å²) in [5, 5.41) is 30.0. The van der Waals surface area contributed by atoms with Gasteiger partial charge < -0.3 is 14.8 Å². The third kappa shape index (κ3) is 5.35. The van der Waals surface area contributed by atoms with Crippen LogP contribution in [-0.4, -0.2) is 39.2 Å². The lowest BCUT2D eigenvalue weighted by molar-refractivity contribution is -0.384. The minimum Gasteiger partial charge on any atom is -0.544 e. The number of hydrogen-bond acceptors (Lipinski definition) is 8. The van der Waals surface area contributed by atoms with Crippen LogP contribution in [0.3, 0.4) is 0 Å². The monoisotopic (exact) mass is 416 g/mol. The summed E-state index contributed by atoms with van der Waals surface area (Å²) in [6, 6.07) is 4.52. The normalized spacial score (nSPS) is 14.8. The lowest BCUT2D eigenvalue weighted by Gasteiger charge is -2.30. The molecule has 0 spiro atoms. The van der Waals surface area contributed by atoms with Gasteiger partial charge in [0.1, 0.15) is 5.82 Å². The van der Waals surface area contributed by atoms with Crippen LogP contribution in [0.15, 0.2) is 28.3 Å². The first-order chi connectivity index (χ1) is 14.0. The molecule has 1 saturated heterocycles. The number of anilines is 1. The van der Waals surface area contributed by atoms with Gasteiger partial charge in [-0.05, 0) is 49.6 Å². The number of nitro groups is 1. The number of nitro benzene ring substituents is 1. The number of aromatic nitrogens is 3. The standard InChI is InChI=1S/C19H23N5O4S/c1-2-6-17-20-19(22-21-17)29-16(18(25)26)12-13-11-14(24(27)28)7-8-15(13)23-9-4-3-5-10-23/h7-8,11-12H,2-6,9-10H2,1H3,(H,25,26)(H,20,21,22)/p-1/b16-12+. The zero-order valence-corrected chi connectivity index (χ0v) is 16.9. The molecule has 29 heavy (non-hydrogen) atoms. The molecule has 1 N–H and O–H groups in total. The number of carbonyl (C=O) groups is 1. The van der Waals surface area contributed by atoms with Crippen LogP contribution < -0.4 is 10.0 Å². The summed E-state index contributed by atoms with van der Waals surface area (Å²) in [4.78, 5) is 28.8. The second-order valence-corrected chi connectivity index (χ2v) is 7.77. The van der Waals surface area contributed by atoms with Crippen LogP contribution in [0, 0.1) is 10.1 Å². The van der Waals surface area contributed by atoms with Gasteiger partial charge in [0.25, 0.3) is 5.69 Å². The summed E-state index contributed by atoms with van der Waals surface area (Å²) in [7, 11) is 0. The van der Waals surface area contributed by atoms with E-state index in [-0.39, 0.29) is 15.7 Å². The largest absolute Gasteiger partial charge is 0.544 e. The fourth-order valence-corrected chi connectivity index (χ4v) is 3.95. The fraction of sp³-hybridized carbons (Fsp3) is 0.421. The lowest BCUT2D eigenvalue weighted by atomic mass is 10.1. The first-order valence-electron chi connectivity index (χ1n) is 9.53. The molecule has 3 rings (SSSR count). The molecule has 1 fully saturated rings. The Kier molecular flexibility index (Phi) is 6.86. The Labute approximate surface area is 172 Å². The summed E-state index contributed by atoms with van der Waals surface area (Å²) >= 11 is 0.865. The van der Waals surface area contributed by atoms with Crippen molar-refractivity contribution in [1.29, 1.82) is 0 Å². The van der Waals surface area contributed by atoms with Gasteiger partial charge in [-0.15, -0.1) is 5.10 Å². The predicted octanol–water partition coefficient (Wildman–Crippen LogP) is 2.54. The van der Waals surface area contributed by atoms with Gasteiger partial charge >= 0.3 is 0 Å². The van der Waals surface area contributed by atoms with Gasteiger partial charge in [-0.25, -0.2) is 4.98 Å². The zero-order chi connectivity index (χ0) is 20.8. The van der Waals surface area contributed by atoms with Crippen molar-refractivity contribution in [3.8, 4) is 0 Å². The number of aryl methyl sites for hydroxylation is 1. The maximum atomic E-state index is 11.7. The molecule has 2 aromatic rings. The van der Waals surface area contributed by atoms with E-state index in [0.717, 1.165) is 56.2 Å². The van der Waals surface area contributed by atoms with Gasteiger partial charge in [-0.3, -0.25) is 15.2 Å². The highest BCUT2D eigenvalue weighted by Crippen LogP contribution is 2.32. The molecular formula is C19H22N5O4S-. The second kappa shape index (κ2) is 9.55. The number of nitrogens with one attached hydrogen (secondary N) is 1. The molecule has 1 aromatic heterocycles. The van der Waals surface area contributed by atoms with Gasteiger partial charge in [0.15, 0.2) is 0 Å². The highest BCUT2D eigenvalue weighted by Gasteiger charge is 2.18. The Hall–Kier alpha value is -2.88. The van der Waals surface area contributed by atoms with E-state index in [2.05, 4.69) is 20.1 Å². The smallest absolute Gasteiger partial charge is 0.270 e. The first kappa shape index (κ1) is 20.8. The van der Waals surface area contributed by atoms with Crippen molar-refractivity contribution in [2.75, 3.05) is 18.0 Å². The molecule has 154 valence electrons. The van der Waals surface area contributed by atoms with Crippen LogP contribution in [-0.2, 0) is 11.2 Å². The number of nitrogens with zero attached hydrogens (tertiary/aromatic N) is 4. The van der Waals surface area contributed by atoms with Crippen molar-refractivity contribution in [3.05, 3.63) is 44.6 Å². The van der Waals surface area contributed by atoms with E-state index in [1.54, 1.807) is 6.07 Å². The van der Waals surface area contributed by atoms with E-state index < -0.39 is 10.9 Å². The van der Waals surface area contributed by atoms with E-state index in [0.29, 0.717) is 17.8 Å². The van der Waals surface area contributed by atoms with Crippen LogP contribution in [0.1, 0.15) is 44.0 Å². The molecule has 0 aliphatic carbocycles. The summed E-state index contributed by atoms with van der Waals surface area (Å²) in [6.45, 7) is 3.66. The number of benzene rings is 1. The van der Waals surface area contributed by atoms with E-state index in [1.807, 2.05) is 6.92 Å². The summed E-state index contributed by atoms with van der Waals surface area (Å²) in [5.41, 5.74) is 1.15. The molecule has 2 heterocycles. The summed E-state index contributed by atoms with van der Waals surface area (Å²) < 4.78 is 0.